The maximum absolute atomic E-state index is 10.1. The number of aliphatic hydroxyl groups excluding tert-OH is 1. The fourth-order valence-corrected chi connectivity index (χ4v) is 6.18. The van der Waals surface area contributed by atoms with Gasteiger partial charge in [0.05, 0.1) is 22.9 Å². The molecule has 38 heavy (non-hydrogen) atoms. The van der Waals surface area contributed by atoms with Crippen LogP contribution in [0, 0.1) is 0 Å². The molecule has 2 heterocycles. The predicted molar refractivity (Wildman–Crippen MR) is 154 cm³/mol. The molecule has 0 bridgehead atoms. The van der Waals surface area contributed by atoms with Gasteiger partial charge in [-0.2, -0.15) is 0 Å². The molecule has 1 N–H and O–H groups in total. The number of para-hydroxylation sites is 1. The number of piperidine rings is 1. The molecule has 0 spiro atoms. The number of nitrogens with zero attached hydrogens (tertiary/aromatic N) is 2. The van der Waals surface area contributed by atoms with Crippen molar-refractivity contribution in [1.82, 2.24) is 9.88 Å². The van der Waals surface area contributed by atoms with E-state index in [0.29, 0.717) is 11.8 Å². The molecule has 0 radical (unpaired) electrons. The fraction of sp³-hybridized carbons (Fsp3) is 0.281. The van der Waals surface area contributed by atoms with Crippen LogP contribution in [0.15, 0.2) is 97.1 Å². The largest absolute Gasteiger partial charge is 0.494 e. The lowest BCUT2D eigenvalue weighted by Gasteiger charge is -2.46. The van der Waals surface area contributed by atoms with Gasteiger partial charge in [0.1, 0.15) is 11.5 Å². The number of ether oxygens (including phenoxy) is 2. The second-order valence-electron chi connectivity index (χ2n) is 10.0. The van der Waals surface area contributed by atoms with E-state index in [-0.39, 0.29) is 11.6 Å². The van der Waals surface area contributed by atoms with Gasteiger partial charge in [0.15, 0.2) is 0 Å². The van der Waals surface area contributed by atoms with Gasteiger partial charge in [0, 0.05) is 25.0 Å². The van der Waals surface area contributed by atoms with E-state index in [1.54, 1.807) is 11.3 Å². The molecule has 194 valence electrons. The molecule has 1 unspecified atom stereocenters. The van der Waals surface area contributed by atoms with Gasteiger partial charge < -0.3 is 14.6 Å². The Morgan fingerprint density at radius 2 is 1.66 bits per heavy atom. The van der Waals surface area contributed by atoms with Crippen molar-refractivity contribution in [3.63, 3.8) is 0 Å². The lowest BCUT2D eigenvalue weighted by Crippen LogP contribution is -2.52. The number of hydrogen-bond acceptors (Lipinski definition) is 6. The first-order chi connectivity index (χ1) is 18.7. The topological polar surface area (TPSA) is 54.8 Å². The van der Waals surface area contributed by atoms with Gasteiger partial charge in [-0.25, -0.2) is 4.98 Å². The van der Waals surface area contributed by atoms with Gasteiger partial charge in [-0.3, -0.25) is 4.90 Å². The molecular formula is C32H32N2O3S. The first-order valence-electron chi connectivity index (χ1n) is 13.3. The highest BCUT2D eigenvalue weighted by atomic mass is 32.1. The highest BCUT2D eigenvalue weighted by Gasteiger charge is 2.37. The molecule has 4 aromatic rings. The van der Waals surface area contributed by atoms with Crippen molar-refractivity contribution in [3.05, 3.63) is 103 Å². The normalized spacial score (nSPS) is 20.4. The number of likely N-dealkylation sites (tertiary alicyclic amines) is 1. The summed E-state index contributed by atoms with van der Waals surface area (Å²) in [6.45, 7) is 2.41. The molecule has 0 saturated carbocycles. The van der Waals surface area contributed by atoms with E-state index in [0.717, 1.165) is 60.5 Å². The van der Waals surface area contributed by atoms with E-state index < -0.39 is 0 Å². The average molecular weight is 525 g/mol. The van der Waals surface area contributed by atoms with Gasteiger partial charge in [-0.15, -0.1) is 0 Å². The molecule has 1 saturated heterocycles. The molecule has 6 heteroatoms. The summed E-state index contributed by atoms with van der Waals surface area (Å²) >= 11 is 1.54. The van der Waals surface area contributed by atoms with Crippen LogP contribution < -0.4 is 9.47 Å². The molecule has 1 atom stereocenters. The van der Waals surface area contributed by atoms with Gasteiger partial charge in [0.25, 0.3) is 5.19 Å². The van der Waals surface area contributed by atoms with Gasteiger partial charge in [-0.05, 0) is 66.8 Å². The zero-order chi connectivity index (χ0) is 25.8. The number of aromatic nitrogens is 1. The van der Waals surface area contributed by atoms with Crippen molar-refractivity contribution >= 4 is 27.1 Å². The van der Waals surface area contributed by atoms with Crippen LogP contribution in [-0.2, 0) is 0 Å². The molecule has 6 rings (SSSR count). The molecule has 0 amide bonds. The summed E-state index contributed by atoms with van der Waals surface area (Å²) < 4.78 is 13.3. The smallest absolute Gasteiger partial charge is 0.279 e. The van der Waals surface area contributed by atoms with Crippen LogP contribution in [0.3, 0.4) is 0 Å². The maximum atomic E-state index is 10.1. The highest BCUT2D eigenvalue weighted by molar-refractivity contribution is 7.20. The van der Waals surface area contributed by atoms with Crippen molar-refractivity contribution in [3.8, 4) is 16.7 Å². The van der Waals surface area contributed by atoms with Crippen LogP contribution in [-0.4, -0.2) is 46.3 Å². The number of hydrogen-bond donors (Lipinski definition) is 1. The summed E-state index contributed by atoms with van der Waals surface area (Å²) in [4.78, 5) is 7.08. The van der Waals surface area contributed by atoms with E-state index in [1.165, 1.54) is 11.1 Å². The standard InChI is InChI=1S/C32H32N2O3S/c35-26-16-21-34(22-17-26)32(18-14-25(15-19-32)24-6-2-1-3-7-24)20-23-36-27-10-12-28(13-11-27)37-31-33-29-8-4-5-9-30(29)38-31/h1-15,18,26,35H,16-17,19-23H2. The van der Waals surface area contributed by atoms with Crippen LogP contribution in [0.2, 0.25) is 0 Å². The first kappa shape index (κ1) is 24.9. The molecule has 1 aliphatic heterocycles. The third-order valence-electron chi connectivity index (χ3n) is 7.56. The number of aliphatic hydroxyl groups is 1. The maximum Gasteiger partial charge on any atom is 0.279 e. The number of thiazole rings is 1. The Hall–Kier alpha value is -3.45. The van der Waals surface area contributed by atoms with E-state index in [9.17, 15) is 5.11 Å². The quantitative estimate of drug-likeness (QED) is 0.267. The molecule has 3 aromatic carbocycles. The average Bonchev–Trinajstić information content (AvgIpc) is 3.37. The number of fused-ring (bicyclic) bond motifs is 1. The Morgan fingerprint density at radius 1 is 0.921 bits per heavy atom. The van der Waals surface area contributed by atoms with Crippen molar-refractivity contribution in [2.45, 2.75) is 37.3 Å². The highest BCUT2D eigenvalue weighted by Crippen LogP contribution is 2.36. The van der Waals surface area contributed by atoms with Gasteiger partial charge in [-0.1, -0.05) is 72.0 Å². The van der Waals surface area contributed by atoms with Crippen LogP contribution >= 0.6 is 11.3 Å². The lowest BCUT2D eigenvalue weighted by molar-refractivity contribution is 0.0268. The number of allylic oxidation sites excluding steroid dienone is 2. The molecular weight excluding hydrogens is 492 g/mol. The molecule has 1 aromatic heterocycles. The Morgan fingerprint density at radius 3 is 2.39 bits per heavy atom. The Kier molecular flexibility index (Phi) is 7.27. The van der Waals surface area contributed by atoms with Crippen molar-refractivity contribution in [1.29, 1.82) is 0 Å². The van der Waals surface area contributed by atoms with Crippen molar-refractivity contribution < 1.29 is 14.6 Å². The molecule has 2 aliphatic rings. The fourth-order valence-electron chi connectivity index (χ4n) is 5.35. The summed E-state index contributed by atoms with van der Waals surface area (Å²) in [5.74, 6) is 1.57. The first-order valence-corrected chi connectivity index (χ1v) is 14.1. The number of rotatable bonds is 8. The summed E-state index contributed by atoms with van der Waals surface area (Å²) in [6, 6.07) is 26.4. The summed E-state index contributed by atoms with van der Waals surface area (Å²) in [5.41, 5.74) is 3.36. The lowest BCUT2D eigenvalue weighted by atomic mass is 9.81. The SMILES string of the molecule is OC1CCN(C2(CCOc3ccc(Oc4nc5ccccc5s4)cc3)C=CC(c3ccccc3)=CC2)CC1. The Labute approximate surface area is 227 Å². The minimum atomic E-state index is -0.189. The summed E-state index contributed by atoms with van der Waals surface area (Å²) in [7, 11) is 0. The van der Waals surface area contributed by atoms with Crippen LogP contribution in [0.25, 0.3) is 15.8 Å². The Bertz CT molecular complexity index is 1390. The van der Waals surface area contributed by atoms with E-state index in [4.69, 9.17) is 9.47 Å². The number of benzene rings is 3. The van der Waals surface area contributed by atoms with Crippen molar-refractivity contribution in [2.24, 2.45) is 0 Å². The third-order valence-corrected chi connectivity index (χ3v) is 8.47. The second kappa shape index (κ2) is 11.1. The third kappa shape index (κ3) is 5.53. The monoisotopic (exact) mass is 524 g/mol. The van der Waals surface area contributed by atoms with E-state index in [2.05, 4.69) is 64.5 Å². The minimum absolute atomic E-state index is 0.103. The molecule has 1 aliphatic carbocycles. The Balaban J connectivity index is 1.10. The van der Waals surface area contributed by atoms with Gasteiger partial charge in [0.2, 0.25) is 0 Å². The van der Waals surface area contributed by atoms with Crippen LogP contribution in [0.4, 0.5) is 0 Å². The summed E-state index contributed by atoms with van der Waals surface area (Å²) in [5, 5.41) is 10.7. The second-order valence-corrected chi connectivity index (χ2v) is 11.0. The van der Waals surface area contributed by atoms with Crippen molar-refractivity contribution in [2.75, 3.05) is 19.7 Å². The van der Waals surface area contributed by atoms with Crippen LogP contribution in [0.1, 0.15) is 31.2 Å². The van der Waals surface area contributed by atoms with Gasteiger partial charge >= 0.3 is 0 Å². The van der Waals surface area contributed by atoms with Crippen LogP contribution in [0.5, 0.6) is 16.7 Å². The van der Waals surface area contributed by atoms with E-state index >= 15 is 0 Å². The summed E-state index contributed by atoms with van der Waals surface area (Å²) in [6.07, 6.45) is 10.2. The zero-order valence-electron chi connectivity index (χ0n) is 21.3. The van der Waals surface area contributed by atoms with E-state index in [1.807, 2.05) is 42.5 Å². The minimum Gasteiger partial charge on any atom is -0.494 e. The zero-order valence-corrected chi connectivity index (χ0v) is 22.1. The molecule has 1 fully saturated rings. The molecule has 5 nitrogen and oxygen atoms in total. The predicted octanol–water partition coefficient (Wildman–Crippen LogP) is 7.10.